The van der Waals surface area contributed by atoms with Crippen LogP contribution in [0.4, 0.5) is 5.69 Å². The summed E-state index contributed by atoms with van der Waals surface area (Å²) in [7, 11) is 0. The maximum atomic E-state index is 11.8. The normalized spacial score (nSPS) is 10.1. The van der Waals surface area contributed by atoms with E-state index < -0.39 is 0 Å². The van der Waals surface area contributed by atoms with Crippen LogP contribution in [0.5, 0.6) is 0 Å². The lowest BCUT2D eigenvalue weighted by molar-refractivity contribution is -0.115. The van der Waals surface area contributed by atoms with Crippen LogP contribution in [0, 0.1) is 0 Å². The fraction of sp³-hybridized carbons (Fsp3) is 0.133. The zero-order valence-electron chi connectivity index (χ0n) is 10.2. The van der Waals surface area contributed by atoms with E-state index in [-0.39, 0.29) is 5.91 Å². The summed E-state index contributed by atoms with van der Waals surface area (Å²) in [5.41, 5.74) is 1.87. The highest BCUT2D eigenvalue weighted by atomic mass is 32.2. The maximum absolute atomic E-state index is 11.8. The average molecular weight is 257 g/mol. The highest BCUT2D eigenvalue weighted by Crippen LogP contribution is 2.15. The zero-order chi connectivity index (χ0) is 12.8. The van der Waals surface area contributed by atoms with Crippen LogP contribution in [0.25, 0.3) is 0 Å². The lowest BCUT2D eigenvalue weighted by Gasteiger charge is -2.05. The first kappa shape index (κ1) is 12.7. The van der Waals surface area contributed by atoms with Gasteiger partial charge >= 0.3 is 0 Å². The Kier molecular flexibility index (Phi) is 4.42. The van der Waals surface area contributed by atoms with Gasteiger partial charge in [0.15, 0.2) is 0 Å². The molecule has 0 aliphatic carbocycles. The van der Waals surface area contributed by atoms with E-state index in [4.69, 9.17) is 0 Å². The molecular formula is C15H15NOS. The molecule has 2 nitrogen and oxygen atoms in total. The van der Waals surface area contributed by atoms with Gasteiger partial charge in [-0.1, -0.05) is 30.3 Å². The number of rotatable bonds is 4. The summed E-state index contributed by atoms with van der Waals surface area (Å²) in [5.74, 6) is 0.0121. The Morgan fingerprint density at radius 3 is 2.33 bits per heavy atom. The number of para-hydroxylation sites is 1. The minimum absolute atomic E-state index is 0.0121. The van der Waals surface area contributed by atoms with E-state index in [9.17, 15) is 4.79 Å². The molecular weight excluding hydrogens is 242 g/mol. The predicted molar refractivity (Wildman–Crippen MR) is 77.0 cm³/mol. The molecule has 2 aromatic carbocycles. The molecule has 0 bridgehead atoms. The molecule has 0 aromatic heterocycles. The SMILES string of the molecule is CSc1ccc(CC(=O)Nc2ccccc2)cc1. The second-order valence-electron chi connectivity index (χ2n) is 3.94. The van der Waals surface area contributed by atoms with Gasteiger partial charge in [0, 0.05) is 10.6 Å². The van der Waals surface area contributed by atoms with Gasteiger partial charge < -0.3 is 5.32 Å². The summed E-state index contributed by atoms with van der Waals surface area (Å²) < 4.78 is 0. The quantitative estimate of drug-likeness (QED) is 0.848. The standard InChI is InChI=1S/C15H15NOS/c1-18-14-9-7-12(8-10-14)11-15(17)16-13-5-3-2-4-6-13/h2-10H,11H2,1H3,(H,16,17). The van der Waals surface area contributed by atoms with Crippen molar-refractivity contribution < 1.29 is 4.79 Å². The van der Waals surface area contributed by atoms with E-state index in [0.29, 0.717) is 6.42 Å². The summed E-state index contributed by atoms with van der Waals surface area (Å²) in [6.07, 6.45) is 2.45. The smallest absolute Gasteiger partial charge is 0.228 e. The van der Waals surface area contributed by atoms with Crippen LogP contribution in [0.1, 0.15) is 5.56 Å². The molecule has 0 unspecified atom stereocenters. The van der Waals surface area contributed by atoms with Crippen molar-refractivity contribution in [1.82, 2.24) is 0 Å². The van der Waals surface area contributed by atoms with Crippen molar-refractivity contribution >= 4 is 23.4 Å². The fourth-order valence-electron chi connectivity index (χ4n) is 1.66. The predicted octanol–water partition coefficient (Wildman–Crippen LogP) is 3.59. The van der Waals surface area contributed by atoms with Crippen molar-refractivity contribution in [3.8, 4) is 0 Å². The number of nitrogens with one attached hydrogen (secondary N) is 1. The maximum Gasteiger partial charge on any atom is 0.228 e. The molecule has 3 heteroatoms. The van der Waals surface area contributed by atoms with Gasteiger partial charge in [-0.2, -0.15) is 0 Å². The van der Waals surface area contributed by atoms with Gasteiger partial charge in [-0.15, -0.1) is 11.8 Å². The minimum atomic E-state index is 0.0121. The monoisotopic (exact) mass is 257 g/mol. The molecule has 1 N–H and O–H groups in total. The fourth-order valence-corrected chi connectivity index (χ4v) is 2.06. The lowest BCUT2D eigenvalue weighted by atomic mass is 10.1. The van der Waals surface area contributed by atoms with Gasteiger partial charge in [-0.05, 0) is 36.1 Å². The van der Waals surface area contributed by atoms with Gasteiger partial charge in [-0.3, -0.25) is 4.79 Å². The van der Waals surface area contributed by atoms with Crippen LogP contribution in [0.3, 0.4) is 0 Å². The summed E-state index contributed by atoms with van der Waals surface area (Å²) in [6.45, 7) is 0. The zero-order valence-corrected chi connectivity index (χ0v) is 11.0. The van der Waals surface area contributed by atoms with E-state index in [1.807, 2.05) is 60.9 Å². The van der Waals surface area contributed by atoms with Gasteiger partial charge in [0.2, 0.25) is 5.91 Å². The topological polar surface area (TPSA) is 29.1 Å². The third-order valence-electron chi connectivity index (χ3n) is 2.58. The molecule has 0 aliphatic rings. The molecule has 2 aromatic rings. The summed E-state index contributed by atoms with van der Waals surface area (Å²) in [5, 5.41) is 2.87. The summed E-state index contributed by atoms with van der Waals surface area (Å²) in [4.78, 5) is 13.0. The molecule has 2 rings (SSSR count). The number of benzene rings is 2. The third-order valence-corrected chi connectivity index (χ3v) is 3.32. The molecule has 0 heterocycles. The summed E-state index contributed by atoms with van der Waals surface area (Å²) in [6, 6.07) is 17.6. The second-order valence-corrected chi connectivity index (χ2v) is 4.82. The first-order valence-electron chi connectivity index (χ1n) is 5.76. The Morgan fingerprint density at radius 2 is 1.72 bits per heavy atom. The van der Waals surface area contributed by atoms with Gasteiger partial charge in [0.25, 0.3) is 0 Å². The van der Waals surface area contributed by atoms with Crippen LogP contribution in [-0.2, 0) is 11.2 Å². The first-order chi connectivity index (χ1) is 8.78. The Morgan fingerprint density at radius 1 is 1.06 bits per heavy atom. The first-order valence-corrected chi connectivity index (χ1v) is 6.98. The van der Waals surface area contributed by atoms with Crippen molar-refractivity contribution in [2.45, 2.75) is 11.3 Å². The summed E-state index contributed by atoms with van der Waals surface area (Å²) >= 11 is 1.70. The lowest BCUT2D eigenvalue weighted by Crippen LogP contribution is -2.14. The minimum Gasteiger partial charge on any atom is -0.326 e. The van der Waals surface area contributed by atoms with Gasteiger partial charge in [0.1, 0.15) is 0 Å². The number of carbonyl (C=O) groups is 1. The van der Waals surface area contributed by atoms with Crippen molar-refractivity contribution in [3.63, 3.8) is 0 Å². The van der Waals surface area contributed by atoms with Crippen molar-refractivity contribution in [2.24, 2.45) is 0 Å². The number of hydrogen-bond donors (Lipinski definition) is 1. The van der Waals surface area contributed by atoms with Crippen LogP contribution in [-0.4, -0.2) is 12.2 Å². The number of amides is 1. The molecule has 0 radical (unpaired) electrons. The molecule has 0 spiro atoms. The Hall–Kier alpha value is -1.74. The largest absolute Gasteiger partial charge is 0.326 e. The molecule has 1 amide bonds. The van der Waals surface area contributed by atoms with Crippen molar-refractivity contribution in [3.05, 3.63) is 60.2 Å². The van der Waals surface area contributed by atoms with Crippen LogP contribution in [0.2, 0.25) is 0 Å². The van der Waals surface area contributed by atoms with Gasteiger partial charge in [-0.25, -0.2) is 0 Å². The molecule has 92 valence electrons. The Bertz CT molecular complexity index is 508. The number of carbonyl (C=O) groups excluding carboxylic acids is 1. The molecule has 0 saturated heterocycles. The highest BCUT2D eigenvalue weighted by Gasteiger charge is 2.03. The molecule has 0 aliphatic heterocycles. The van der Waals surface area contributed by atoms with E-state index in [0.717, 1.165) is 11.3 Å². The van der Waals surface area contributed by atoms with Crippen LogP contribution < -0.4 is 5.32 Å². The van der Waals surface area contributed by atoms with E-state index in [1.54, 1.807) is 11.8 Å². The Balaban J connectivity index is 1.94. The van der Waals surface area contributed by atoms with Crippen molar-refractivity contribution in [2.75, 3.05) is 11.6 Å². The van der Waals surface area contributed by atoms with Gasteiger partial charge in [0.05, 0.1) is 6.42 Å². The average Bonchev–Trinajstić information content (AvgIpc) is 2.40. The molecule has 0 saturated carbocycles. The molecule has 0 fully saturated rings. The van der Waals surface area contributed by atoms with Crippen molar-refractivity contribution in [1.29, 1.82) is 0 Å². The number of hydrogen-bond acceptors (Lipinski definition) is 2. The van der Waals surface area contributed by atoms with E-state index >= 15 is 0 Å². The third kappa shape index (κ3) is 3.64. The molecule has 0 atom stereocenters. The molecule has 18 heavy (non-hydrogen) atoms. The number of thioether (sulfide) groups is 1. The van der Waals surface area contributed by atoms with E-state index in [1.165, 1.54) is 4.90 Å². The van der Waals surface area contributed by atoms with Crippen LogP contribution in [0.15, 0.2) is 59.5 Å². The number of anilines is 1. The highest BCUT2D eigenvalue weighted by molar-refractivity contribution is 7.98. The van der Waals surface area contributed by atoms with Crippen LogP contribution >= 0.6 is 11.8 Å². The Labute approximate surface area is 111 Å². The van der Waals surface area contributed by atoms with E-state index in [2.05, 4.69) is 5.32 Å². The second kappa shape index (κ2) is 6.26.